The quantitative estimate of drug-likeness (QED) is 0.672. The van der Waals surface area contributed by atoms with Gasteiger partial charge in [0.25, 0.3) is 0 Å². The third kappa shape index (κ3) is 8.19. The smallest absolute Gasteiger partial charge is 0.137 e. The van der Waals surface area contributed by atoms with Crippen molar-refractivity contribution < 1.29 is 14.2 Å². The van der Waals surface area contributed by atoms with E-state index in [-0.39, 0.29) is 0 Å². The van der Waals surface area contributed by atoms with Crippen LogP contribution >= 0.6 is 23.5 Å². The first-order valence-electron chi connectivity index (χ1n) is 8.09. The number of nitrogens with one attached hydrogen (secondary N) is 1. The van der Waals surface area contributed by atoms with Gasteiger partial charge in [-0.2, -0.15) is 0 Å². The summed E-state index contributed by atoms with van der Waals surface area (Å²) in [6.07, 6.45) is 0. The Balaban J connectivity index is 0.000000260. The second-order valence-electron chi connectivity index (χ2n) is 5.41. The molecule has 5 nitrogen and oxygen atoms in total. The molecule has 0 amide bonds. The van der Waals surface area contributed by atoms with Crippen molar-refractivity contribution in [3.8, 4) is 17.2 Å². The summed E-state index contributed by atoms with van der Waals surface area (Å²) in [4.78, 5) is 3.08. The van der Waals surface area contributed by atoms with Crippen molar-refractivity contribution in [1.29, 1.82) is 0 Å². The van der Waals surface area contributed by atoms with Gasteiger partial charge in [-0.15, -0.1) is 0 Å². The van der Waals surface area contributed by atoms with E-state index in [9.17, 15) is 0 Å². The fourth-order valence-electron chi connectivity index (χ4n) is 1.87. The summed E-state index contributed by atoms with van der Waals surface area (Å²) in [6, 6.07) is 13.2. The number of methoxy groups -OCH3 is 2. The van der Waals surface area contributed by atoms with Gasteiger partial charge in [0.15, 0.2) is 0 Å². The Kier molecular flexibility index (Phi) is 11.0. The summed E-state index contributed by atoms with van der Waals surface area (Å²) in [5.41, 5.74) is 0. The van der Waals surface area contributed by atoms with Crippen molar-refractivity contribution in [2.24, 2.45) is 0 Å². The lowest BCUT2D eigenvalue weighted by molar-refractivity contribution is 0.261. The largest absolute Gasteiger partial charge is 0.497 e. The fraction of sp³-hybridized carbons (Fsp3) is 0.368. The highest BCUT2D eigenvalue weighted by Crippen LogP contribution is 2.30. The Bertz CT molecular complexity index is 656. The van der Waals surface area contributed by atoms with E-state index in [2.05, 4.69) is 9.62 Å². The van der Waals surface area contributed by atoms with Gasteiger partial charge in [-0.25, -0.2) is 0 Å². The van der Waals surface area contributed by atoms with Crippen LogP contribution in [-0.2, 0) is 0 Å². The van der Waals surface area contributed by atoms with E-state index in [0.717, 1.165) is 28.7 Å². The van der Waals surface area contributed by atoms with Gasteiger partial charge in [-0.05, 0) is 63.4 Å². The molecule has 0 fully saturated rings. The Morgan fingerprint density at radius 3 is 2.35 bits per heavy atom. The van der Waals surface area contributed by atoms with Crippen LogP contribution in [0.5, 0.6) is 17.2 Å². The van der Waals surface area contributed by atoms with Crippen LogP contribution in [-0.4, -0.2) is 53.4 Å². The number of hydrogen-bond acceptors (Lipinski definition) is 6. The van der Waals surface area contributed by atoms with Crippen molar-refractivity contribution in [3.63, 3.8) is 0 Å². The van der Waals surface area contributed by atoms with E-state index in [1.165, 1.54) is 11.9 Å². The maximum atomic E-state index is 5.90. The molecular weight excluding hydrogens is 372 g/mol. The minimum atomic E-state index is 0.663. The average molecular weight is 399 g/mol. The van der Waals surface area contributed by atoms with Gasteiger partial charge in [0.1, 0.15) is 23.9 Å². The summed E-state index contributed by atoms with van der Waals surface area (Å²) in [5.74, 6) is 2.43. The Labute approximate surface area is 165 Å². The van der Waals surface area contributed by atoms with E-state index in [4.69, 9.17) is 25.8 Å². The van der Waals surface area contributed by atoms with Gasteiger partial charge < -0.3 is 19.1 Å². The van der Waals surface area contributed by atoms with E-state index >= 15 is 0 Å². The second-order valence-corrected chi connectivity index (χ2v) is 6.86. The second kappa shape index (κ2) is 12.7. The van der Waals surface area contributed by atoms with Crippen LogP contribution in [0.4, 0.5) is 0 Å². The van der Waals surface area contributed by atoms with Crippen LogP contribution in [0.1, 0.15) is 0 Å². The molecule has 2 aromatic rings. The lowest BCUT2D eigenvalue weighted by atomic mass is 10.3. The number of benzene rings is 2. The summed E-state index contributed by atoms with van der Waals surface area (Å²) in [7, 11) is 9.19. The van der Waals surface area contributed by atoms with Gasteiger partial charge >= 0.3 is 0 Å². The molecule has 0 aromatic heterocycles. The molecule has 2 rings (SSSR count). The fourth-order valence-corrected chi connectivity index (χ4v) is 2.71. The zero-order chi connectivity index (χ0) is 19.4. The van der Waals surface area contributed by atoms with Crippen LogP contribution in [0.25, 0.3) is 0 Å². The molecule has 0 unspecified atom stereocenters. The number of halogens is 1. The summed E-state index contributed by atoms with van der Waals surface area (Å²) >= 11 is 7.40. The topological polar surface area (TPSA) is 43.0 Å². The maximum absolute atomic E-state index is 5.90. The van der Waals surface area contributed by atoms with Crippen molar-refractivity contribution >= 4 is 23.5 Å². The molecule has 1 N–H and O–H groups in total. The van der Waals surface area contributed by atoms with Crippen LogP contribution in [0.3, 0.4) is 0 Å². The molecule has 26 heavy (non-hydrogen) atoms. The molecule has 144 valence electrons. The van der Waals surface area contributed by atoms with Crippen molar-refractivity contribution in [2.45, 2.75) is 4.90 Å². The lowest BCUT2D eigenvalue weighted by Crippen LogP contribution is -2.19. The third-order valence-electron chi connectivity index (χ3n) is 3.22. The molecule has 0 saturated carbocycles. The first-order chi connectivity index (χ1) is 12.5. The van der Waals surface area contributed by atoms with Gasteiger partial charge in [0.2, 0.25) is 0 Å². The third-order valence-corrected chi connectivity index (χ3v) is 4.27. The number of ether oxygens (including phenoxy) is 3. The summed E-state index contributed by atoms with van der Waals surface area (Å²) in [6.45, 7) is 1.56. The predicted octanol–water partition coefficient (Wildman–Crippen LogP) is 4.21. The minimum absolute atomic E-state index is 0.663. The number of rotatable bonds is 8. The minimum Gasteiger partial charge on any atom is -0.497 e. The van der Waals surface area contributed by atoms with Crippen LogP contribution in [0.15, 0.2) is 47.4 Å². The predicted molar refractivity (Wildman–Crippen MR) is 110 cm³/mol. The number of likely N-dealkylation sites (N-methyl/N-ethyl adjacent to an activating group) is 1. The summed E-state index contributed by atoms with van der Waals surface area (Å²) in [5, 5.41) is 0.668. The average Bonchev–Trinajstić information content (AvgIpc) is 2.64. The van der Waals surface area contributed by atoms with Gasteiger partial charge in [-0.3, -0.25) is 4.72 Å². The molecule has 0 radical (unpaired) electrons. The lowest BCUT2D eigenvalue weighted by Gasteiger charge is -2.11. The normalized spacial score (nSPS) is 10.1. The van der Waals surface area contributed by atoms with E-state index in [1.54, 1.807) is 14.2 Å². The van der Waals surface area contributed by atoms with E-state index in [0.29, 0.717) is 11.6 Å². The van der Waals surface area contributed by atoms with Crippen molar-refractivity contribution in [1.82, 2.24) is 9.62 Å². The zero-order valence-corrected chi connectivity index (χ0v) is 17.5. The van der Waals surface area contributed by atoms with Crippen molar-refractivity contribution in [2.75, 3.05) is 48.5 Å². The SMILES string of the molecule is CN(C)CCOc1ccccc1Cl.CNSc1cc(OC)ccc1OC. The highest BCUT2D eigenvalue weighted by molar-refractivity contribution is 7.97. The maximum Gasteiger partial charge on any atom is 0.137 e. The molecular formula is C19H27ClN2O3S. The van der Waals surface area contributed by atoms with Gasteiger partial charge in [0.05, 0.1) is 24.1 Å². The van der Waals surface area contributed by atoms with E-state index < -0.39 is 0 Å². The highest BCUT2D eigenvalue weighted by Gasteiger charge is 2.04. The molecule has 2 aromatic carbocycles. The zero-order valence-electron chi connectivity index (χ0n) is 15.9. The first kappa shape index (κ1) is 22.4. The molecule has 0 aliphatic rings. The molecule has 0 bridgehead atoms. The summed E-state index contributed by atoms with van der Waals surface area (Å²) < 4.78 is 18.8. The number of para-hydroxylation sites is 1. The van der Waals surface area contributed by atoms with Crippen LogP contribution in [0.2, 0.25) is 5.02 Å². The van der Waals surface area contributed by atoms with Crippen LogP contribution < -0.4 is 18.9 Å². The molecule has 7 heteroatoms. The van der Waals surface area contributed by atoms with Gasteiger partial charge in [0, 0.05) is 6.54 Å². The molecule has 0 saturated heterocycles. The van der Waals surface area contributed by atoms with E-state index in [1.807, 2.05) is 63.6 Å². The van der Waals surface area contributed by atoms with Crippen molar-refractivity contribution in [3.05, 3.63) is 47.5 Å². The molecule has 0 heterocycles. The van der Waals surface area contributed by atoms with Crippen LogP contribution in [0, 0.1) is 0 Å². The Hall–Kier alpha value is -1.60. The number of nitrogens with zero attached hydrogens (tertiary/aromatic N) is 1. The Morgan fingerprint density at radius 1 is 1.04 bits per heavy atom. The first-order valence-corrected chi connectivity index (χ1v) is 9.29. The monoisotopic (exact) mass is 398 g/mol. The molecule has 0 spiro atoms. The molecule has 0 aliphatic heterocycles. The molecule has 0 atom stereocenters. The van der Waals surface area contributed by atoms with Gasteiger partial charge in [-0.1, -0.05) is 23.7 Å². The molecule has 0 aliphatic carbocycles. The standard InChI is InChI=1S/C10H14ClNO.C9H13NO2S/c1-12(2)7-8-13-10-6-4-3-5-9(10)11;1-10-13-9-6-7(11-2)4-5-8(9)12-3/h3-6H,7-8H2,1-2H3;4-6,10H,1-3H3. The number of hydrogen-bond donors (Lipinski definition) is 1. The Morgan fingerprint density at radius 2 is 1.77 bits per heavy atom. The highest BCUT2D eigenvalue weighted by atomic mass is 35.5.